The van der Waals surface area contributed by atoms with Crippen molar-refractivity contribution in [3.05, 3.63) is 45.6 Å². The molecule has 104 valence electrons. The van der Waals surface area contributed by atoms with Crippen LogP contribution in [0.4, 0.5) is 11.6 Å². The lowest BCUT2D eigenvalue weighted by Gasteiger charge is -2.07. The lowest BCUT2D eigenvalue weighted by molar-refractivity contribution is -0.384. The second-order valence-corrected chi connectivity index (χ2v) is 4.13. The van der Waals surface area contributed by atoms with E-state index < -0.39 is 4.92 Å². The average Bonchev–Trinajstić information content (AvgIpc) is 2.42. The first kappa shape index (κ1) is 14.0. The minimum absolute atomic E-state index is 0.0987. The predicted octanol–water partition coefficient (Wildman–Crippen LogP) is 3.26. The summed E-state index contributed by atoms with van der Waals surface area (Å²) in [6.45, 7) is 2.60. The molecule has 20 heavy (non-hydrogen) atoms. The van der Waals surface area contributed by atoms with Crippen LogP contribution in [0.3, 0.4) is 0 Å². The summed E-state index contributed by atoms with van der Waals surface area (Å²) in [6, 6.07) is 5.53. The molecule has 0 aliphatic carbocycles. The van der Waals surface area contributed by atoms with Crippen molar-refractivity contribution in [1.29, 1.82) is 0 Å². The molecule has 0 atom stereocenters. The summed E-state index contributed by atoms with van der Waals surface area (Å²) < 4.78 is 5.49. The van der Waals surface area contributed by atoms with Gasteiger partial charge in [0.15, 0.2) is 0 Å². The molecule has 0 fully saturated rings. The SMILES string of the molecule is CCNc1nccc(Oc2ccc([N+](=O)[O-])cc2Cl)n1. The van der Waals surface area contributed by atoms with E-state index in [1.807, 2.05) is 6.92 Å². The monoisotopic (exact) mass is 294 g/mol. The van der Waals surface area contributed by atoms with Gasteiger partial charge in [0.05, 0.1) is 9.95 Å². The molecule has 0 aliphatic rings. The summed E-state index contributed by atoms with van der Waals surface area (Å²) in [5, 5.41) is 13.7. The Morgan fingerprint density at radius 1 is 1.45 bits per heavy atom. The number of rotatable bonds is 5. The molecule has 0 radical (unpaired) electrons. The van der Waals surface area contributed by atoms with Gasteiger partial charge in [0.1, 0.15) is 5.75 Å². The van der Waals surface area contributed by atoms with Gasteiger partial charge >= 0.3 is 0 Å². The van der Waals surface area contributed by atoms with Crippen LogP contribution in [0.1, 0.15) is 6.92 Å². The van der Waals surface area contributed by atoms with Crippen LogP contribution >= 0.6 is 11.6 Å². The van der Waals surface area contributed by atoms with Gasteiger partial charge in [0, 0.05) is 30.9 Å². The average molecular weight is 295 g/mol. The lowest BCUT2D eigenvalue weighted by Crippen LogP contribution is -2.02. The van der Waals surface area contributed by atoms with E-state index in [1.54, 1.807) is 12.3 Å². The van der Waals surface area contributed by atoms with Gasteiger partial charge in [-0.25, -0.2) is 4.98 Å². The molecule has 0 saturated heterocycles. The molecule has 1 heterocycles. The molecule has 0 aliphatic heterocycles. The van der Waals surface area contributed by atoms with Crippen molar-refractivity contribution >= 4 is 23.2 Å². The van der Waals surface area contributed by atoms with Crippen molar-refractivity contribution in [1.82, 2.24) is 9.97 Å². The zero-order valence-electron chi connectivity index (χ0n) is 10.5. The Kier molecular flexibility index (Phi) is 4.31. The number of hydrogen-bond donors (Lipinski definition) is 1. The number of non-ortho nitro benzene ring substituents is 1. The van der Waals surface area contributed by atoms with Crippen LogP contribution in [-0.4, -0.2) is 21.4 Å². The van der Waals surface area contributed by atoms with Crippen molar-refractivity contribution in [2.75, 3.05) is 11.9 Å². The number of aromatic nitrogens is 2. The van der Waals surface area contributed by atoms with Crippen molar-refractivity contribution in [2.24, 2.45) is 0 Å². The molecular weight excluding hydrogens is 284 g/mol. The van der Waals surface area contributed by atoms with E-state index >= 15 is 0 Å². The number of anilines is 1. The Balaban J connectivity index is 2.21. The zero-order valence-corrected chi connectivity index (χ0v) is 11.3. The fourth-order valence-electron chi connectivity index (χ4n) is 1.44. The topological polar surface area (TPSA) is 90.2 Å². The molecule has 1 aromatic heterocycles. The molecule has 0 bridgehead atoms. The van der Waals surface area contributed by atoms with Crippen molar-refractivity contribution in [3.63, 3.8) is 0 Å². The standard InChI is InChI=1S/C12H11ClN4O3/c1-2-14-12-15-6-5-11(16-12)20-10-4-3-8(17(18)19)7-9(10)13/h3-7H,2H2,1H3,(H,14,15,16). The van der Waals surface area contributed by atoms with Crippen LogP contribution in [0.15, 0.2) is 30.5 Å². The van der Waals surface area contributed by atoms with E-state index in [2.05, 4.69) is 15.3 Å². The first-order chi connectivity index (χ1) is 9.60. The Bertz CT molecular complexity index is 636. The number of halogens is 1. The Labute approximate surface area is 119 Å². The molecule has 0 unspecified atom stereocenters. The number of nitro groups is 1. The maximum atomic E-state index is 10.6. The molecule has 8 heteroatoms. The number of benzene rings is 1. The van der Waals surface area contributed by atoms with Crippen molar-refractivity contribution < 1.29 is 9.66 Å². The Hall–Kier alpha value is -2.41. The maximum Gasteiger partial charge on any atom is 0.271 e. The third kappa shape index (κ3) is 3.33. The highest BCUT2D eigenvalue weighted by atomic mass is 35.5. The fourth-order valence-corrected chi connectivity index (χ4v) is 1.65. The summed E-state index contributed by atoms with van der Waals surface area (Å²) in [7, 11) is 0. The van der Waals surface area contributed by atoms with E-state index in [1.165, 1.54) is 18.2 Å². The van der Waals surface area contributed by atoms with Crippen LogP contribution in [0.5, 0.6) is 11.6 Å². The van der Waals surface area contributed by atoms with Crippen LogP contribution in [0.2, 0.25) is 5.02 Å². The Morgan fingerprint density at radius 3 is 2.90 bits per heavy atom. The van der Waals surface area contributed by atoms with Gasteiger partial charge in [0.2, 0.25) is 11.8 Å². The molecule has 1 N–H and O–H groups in total. The van der Waals surface area contributed by atoms with E-state index in [4.69, 9.17) is 16.3 Å². The summed E-state index contributed by atoms with van der Waals surface area (Å²) in [4.78, 5) is 18.2. The highest BCUT2D eigenvalue weighted by Crippen LogP contribution is 2.31. The molecular formula is C12H11ClN4O3. The minimum atomic E-state index is -0.524. The highest BCUT2D eigenvalue weighted by molar-refractivity contribution is 6.32. The fraction of sp³-hybridized carbons (Fsp3) is 0.167. The largest absolute Gasteiger partial charge is 0.437 e. The van der Waals surface area contributed by atoms with Crippen molar-refractivity contribution in [3.8, 4) is 11.6 Å². The molecule has 0 saturated carbocycles. The second-order valence-electron chi connectivity index (χ2n) is 3.72. The molecule has 2 aromatic rings. The third-order valence-corrected chi connectivity index (χ3v) is 2.60. The smallest absolute Gasteiger partial charge is 0.271 e. The van der Waals surface area contributed by atoms with Crippen LogP contribution in [-0.2, 0) is 0 Å². The molecule has 0 amide bonds. The summed E-state index contributed by atoms with van der Waals surface area (Å²) >= 11 is 5.94. The Morgan fingerprint density at radius 2 is 2.25 bits per heavy atom. The van der Waals surface area contributed by atoms with Gasteiger partial charge in [-0.3, -0.25) is 10.1 Å². The summed E-state index contributed by atoms with van der Waals surface area (Å²) in [5.41, 5.74) is -0.0987. The van der Waals surface area contributed by atoms with Crippen LogP contribution < -0.4 is 10.1 Å². The van der Waals surface area contributed by atoms with Gasteiger partial charge in [-0.15, -0.1) is 0 Å². The van der Waals surface area contributed by atoms with Crippen molar-refractivity contribution in [2.45, 2.75) is 6.92 Å². The van der Waals surface area contributed by atoms with Gasteiger partial charge in [-0.2, -0.15) is 4.98 Å². The number of nitro benzene ring substituents is 1. The molecule has 2 rings (SSSR count). The first-order valence-corrected chi connectivity index (χ1v) is 6.16. The molecule has 0 spiro atoms. The maximum absolute atomic E-state index is 10.6. The van der Waals surface area contributed by atoms with E-state index in [0.29, 0.717) is 24.1 Å². The van der Waals surface area contributed by atoms with E-state index in [-0.39, 0.29) is 10.7 Å². The summed E-state index contributed by atoms with van der Waals surface area (Å²) in [6.07, 6.45) is 1.54. The number of ether oxygens (including phenoxy) is 1. The third-order valence-electron chi connectivity index (χ3n) is 2.31. The van der Waals surface area contributed by atoms with Gasteiger partial charge in [-0.05, 0) is 13.0 Å². The van der Waals surface area contributed by atoms with Crippen LogP contribution in [0, 0.1) is 10.1 Å². The van der Waals surface area contributed by atoms with Gasteiger partial charge in [0.25, 0.3) is 5.69 Å². The molecule has 1 aromatic carbocycles. The first-order valence-electron chi connectivity index (χ1n) is 5.79. The number of nitrogens with zero attached hydrogens (tertiary/aromatic N) is 3. The van der Waals surface area contributed by atoms with E-state index in [0.717, 1.165) is 0 Å². The number of nitrogens with one attached hydrogen (secondary N) is 1. The highest BCUT2D eigenvalue weighted by Gasteiger charge is 2.11. The lowest BCUT2D eigenvalue weighted by atomic mass is 10.3. The normalized spacial score (nSPS) is 10.1. The second kappa shape index (κ2) is 6.16. The predicted molar refractivity (Wildman–Crippen MR) is 74.4 cm³/mol. The van der Waals surface area contributed by atoms with Crippen LogP contribution in [0.25, 0.3) is 0 Å². The van der Waals surface area contributed by atoms with Gasteiger partial charge < -0.3 is 10.1 Å². The zero-order chi connectivity index (χ0) is 14.5. The van der Waals surface area contributed by atoms with Gasteiger partial charge in [-0.1, -0.05) is 11.6 Å². The summed E-state index contributed by atoms with van der Waals surface area (Å²) in [5.74, 6) is 1.02. The quantitative estimate of drug-likeness (QED) is 0.672. The minimum Gasteiger partial charge on any atom is -0.437 e. The molecule has 7 nitrogen and oxygen atoms in total. The number of hydrogen-bond acceptors (Lipinski definition) is 6. The van der Waals surface area contributed by atoms with E-state index in [9.17, 15) is 10.1 Å².